The van der Waals surface area contributed by atoms with E-state index < -0.39 is 0 Å². The maximum Gasteiger partial charge on any atom is 0.257 e. The van der Waals surface area contributed by atoms with Crippen molar-refractivity contribution in [3.8, 4) is 11.1 Å². The van der Waals surface area contributed by atoms with Crippen LogP contribution in [0.4, 0.5) is 15.9 Å². The molecule has 0 amide bonds. The molecule has 0 saturated carbocycles. The number of fused-ring (bicyclic) bond motifs is 3. The van der Waals surface area contributed by atoms with Gasteiger partial charge >= 0.3 is 0 Å². The van der Waals surface area contributed by atoms with E-state index in [0.717, 1.165) is 22.3 Å². The average molecular weight is 440 g/mol. The van der Waals surface area contributed by atoms with Crippen LogP contribution in [0.1, 0.15) is 31.9 Å². The lowest BCUT2D eigenvalue weighted by molar-refractivity contribution is 0.590. The molecule has 0 aliphatic carbocycles. The second kappa shape index (κ2) is 7.66. The molecule has 0 radical (unpaired) electrons. The summed E-state index contributed by atoms with van der Waals surface area (Å²) in [4.78, 5) is 6.67. The average Bonchev–Trinajstić information content (AvgIpc) is 3.27. The van der Waals surface area contributed by atoms with Crippen LogP contribution in [0.3, 0.4) is 0 Å². The number of nitrogens with zero attached hydrogens (tertiary/aromatic N) is 5. The van der Waals surface area contributed by atoms with Crippen LogP contribution in [-0.4, -0.2) is 26.6 Å². The Morgan fingerprint density at radius 3 is 2.42 bits per heavy atom. The molecule has 0 bridgehead atoms. The minimum atomic E-state index is -0.265. The summed E-state index contributed by atoms with van der Waals surface area (Å²) in [7, 11) is 1.94. The van der Waals surface area contributed by atoms with Gasteiger partial charge in [-0.1, -0.05) is 57.2 Å². The van der Waals surface area contributed by atoms with Gasteiger partial charge in [-0.3, -0.25) is 4.40 Å². The Morgan fingerprint density at radius 2 is 1.70 bits per heavy atom. The highest BCUT2D eigenvalue weighted by molar-refractivity contribution is 5.94. The maximum atomic E-state index is 14.5. The molecule has 33 heavy (non-hydrogen) atoms. The highest BCUT2D eigenvalue weighted by atomic mass is 19.1. The van der Waals surface area contributed by atoms with Gasteiger partial charge in [0, 0.05) is 18.1 Å². The number of aromatic nitrogens is 4. The third-order valence-corrected chi connectivity index (χ3v) is 6.15. The summed E-state index contributed by atoms with van der Waals surface area (Å²) in [5.41, 5.74) is 6.00. The van der Waals surface area contributed by atoms with Crippen molar-refractivity contribution in [2.24, 2.45) is 0 Å². The first-order chi connectivity index (χ1) is 15.7. The molecule has 5 nitrogen and oxygen atoms in total. The summed E-state index contributed by atoms with van der Waals surface area (Å²) >= 11 is 0. The molecule has 0 saturated heterocycles. The molecule has 0 fully saturated rings. The zero-order valence-corrected chi connectivity index (χ0v) is 19.5. The van der Waals surface area contributed by atoms with Crippen molar-refractivity contribution in [3.63, 3.8) is 0 Å². The van der Waals surface area contributed by atoms with Crippen molar-refractivity contribution < 1.29 is 4.39 Å². The largest absolute Gasteiger partial charge is 0.329 e. The Kier molecular flexibility index (Phi) is 4.89. The molecule has 166 valence electrons. The molecule has 0 spiro atoms. The summed E-state index contributed by atoms with van der Waals surface area (Å²) in [5.74, 6) is 0.841. The van der Waals surface area contributed by atoms with Crippen molar-refractivity contribution in [2.45, 2.75) is 33.1 Å². The minimum Gasteiger partial charge on any atom is -0.329 e. The topological polar surface area (TPSA) is 46.3 Å². The van der Waals surface area contributed by atoms with E-state index in [-0.39, 0.29) is 11.2 Å². The summed E-state index contributed by atoms with van der Waals surface area (Å²) in [5, 5.41) is 8.83. The highest BCUT2D eigenvalue weighted by Crippen LogP contribution is 2.34. The minimum absolute atomic E-state index is 0.112. The number of aryl methyl sites for hydroxylation is 1. The van der Waals surface area contributed by atoms with Crippen LogP contribution < -0.4 is 4.90 Å². The summed E-state index contributed by atoms with van der Waals surface area (Å²) in [6.45, 7) is 8.39. The van der Waals surface area contributed by atoms with E-state index in [1.165, 1.54) is 11.6 Å². The number of rotatable bonds is 3. The fourth-order valence-corrected chi connectivity index (χ4v) is 4.11. The molecular formula is C27H26FN5. The second-order valence-corrected chi connectivity index (χ2v) is 9.49. The third kappa shape index (κ3) is 3.71. The number of anilines is 2. The van der Waals surface area contributed by atoms with Gasteiger partial charge in [-0.15, -0.1) is 10.2 Å². The monoisotopic (exact) mass is 439 g/mol. The molecule has 3 aromatic carbocycles. The number of hydrogen-bond acceptors (Lipinski definition) is 4. The van der Waals surface area contributed by atoms with E-state index in [2.05, 4.69) is 67.4 Å². The van der Waals surface area contributed by atoms with E-state index in [4.69, 9.17) is 4.98 Å². The molecule has 0 N–H and O–H groups in total. The predicted octanol–water partition coefficient (Wildman–Crippen LogP) is 6.46. The van der Waals surface area contributed by atoms with Crippen LogP contribution in [0.15, 0.2) is 67.0 Å². The zero-order chi connectivity index (χ0) is 23.3. The first kappa shape index (κ1) is 21.1. The van der Waals surface area contributed by atoms with E-state index in [1.807, 2.05) is 30.1 Å². The number of benzene rings is 3. The summed E-state index contributed by atoms with van der Waals surface area (Å²) < 4.78 is 16.3. The van der Waals surface area contributed by atoms with Crippen LogP contribution in [0.25, 0.3) is 27.8 Å². The fourth-order valence-electron chi connectivity index (χ4n) is 4.11. The molecule has 2 aromatic heterocycles. The van der Waals surface area contributed by atoms with E-state index in [1.54, 1.807) is 17.7 Å². The van der Waals surface area contributed by atoms with Gasteiger partial charge in [-0.05, 0) is 58.9 Å². The van der Waals surface area contributed by atoms with Crippen LogP contribution in [0, 0.1) is 12.7 Å². The van der Waals surface area contributed by atoms with E-state index in [9.17, 15) is 4.39 Å². The van der Waals surface area contributed by atoms with Crippen LogP contribution in [0.2, 0.25) is 0 Å². The van der Waals surface area contributed by atoms with Gasteiger partial charge in [0.2, 0.25) is 0 Å². The van der Waals surface area contributed by atoms with Crippen molar-refractivity contribution >= 4 is 28.2 Å². The van der Waals surface area contributed by atoms with Crippen molar-refractivity contribution in [2.75, 3.05) is 11.9 Å². The van der Waals surface area contributed by atoms with Crippen LogP contribution >= 0.6 is 0 Å². The van der Waals surface area contributed by atoms with Crippen LogP contribution in [-0.2, 0) is 5.41 Å². The molecule has 0 atom stereocenters. The van der Waals surface area contributed by atoms with Gasteiger partial charge in [-0.2, -0.15) is 4.98 Å². The number of halogens is 1. The molecular weight excluding hydrogens is 413 g/mol. The third-order valence-electron chi connectivity index (χ3n) is 6.15. The highest BCUT2D eigenvalue weighted by Gasteiger charge is 2.17. The standard InChI is InChI=1S/C27H26FN5/c1-17-13-24-22(15-23(17)28)25(30-26-31-29-16-33(24)26)32(5)21-8-6-7-19(14-21)18-9-11-20(12-10-18)27(2,3)4/h6-16H,1-5H3. The lowest BCUT2D eigenvalue weighted by Gasteiger charge is -2.22. The van der Waals surface area contributed by atoms with Crippen molar-refractivity contribution in [1.82, 2.24) is 19.6 Å². The van der Waals surface area contributed by atoms with E-state index >= 15 is 0 Å². The van der Waals surface area contributed by atoms with Gasteiger partial charge in [0.05, 0.1) is 5.52 Å². The Labute approximate surface area is 192 Å². The second-order valence-electron chi connectivity index (χ2n) is 9.49. The lowest BCUT2D eigenvalue weighted by Crippen LogP contribution is -2.13. The fraction of sp³-hybridized carbons (Fsp3) is 0.222. The first-order valence-corrected chi connectivity index (χ1v) is 11.0. The zero-order valence-electron chi connectivity index (χ0n) is 19.5. The van der Waals surface area contributed by atoms with Crippen molar-refractivity contribution in [3.05, 3.63) is 83.9 Å². The van der Waals surface area contributed by atoms with Crippen molar-refractivity contribution in [1.29, 1.82) is 0 Å². The van der Waals surface area contributed by atoms with E-state index in [0.29, 0.717) is 22.5 Å². The lowest BCUT2D eigenvalue weighted by atomic mass is 9.86. The first-order valence-electron chi connectivity index (χ1n) is 11.0. The predicted molar refractivity (Wildman–Crippen MR) is 132 cm³/mol. The summed E-state index contributed by atoms with van der Waals surface area (Å²) in [6, 6.07) is 20.3. The van der Waals surface area contributed by atoms with Gasteiger partial charge in [0.25, 0.3) is 5.78 Å². The van der Waals surface area contributed by atoms with Gasteiger partial charge in [0.15, 0.2) is 0 Å². The molecule has 6 heteroatoms. The molecule has 0 unspecified atom stereocenters. The number of hydrogen-bond donors (Lipinski definition) is 0. The van der Waals surface area contributed by atoms with Gasteiger partial charge in [0.1, 0.15) is 18.0 Å². The normalized spacial score (nSPS) is 11.9. The SMILES string of the molecule is Cc1cc2c(cc1F)c(N(C)c1cccc(-c3ccc(C(C)(C)C)cc3)c1)nc1nncn12. The molecule has 2 heterocycles. The van der Waals surface area contributed by atoms with Gasteiger partial charge in [-0.25, -0.2) is 4.39 Å². The Morgan fingerprint density at radius 1 is 0.939 bits per heavy atom. The maximum absolute atomic E-state index is 14.5. The Bertz CT molecular complexity index is 1480. The molecule has 0 aliphatic heterocycles. The van der Waals surface area contributed by atoms with Crippen LogP contribution in [0.5, 0.6) is 0 Å². The Hall–Kier alpha value is -3.80. The summed E-state index contributed by atoms with van der Waals surface area (Å²) in [6.07, 6.45) is 1.60. The quantitative estimate of drug-likeness (QED) is 0.324. The van der Waals surface area contributed by atoms with Gasteiger partial charge < -0.3 is 4.90 Å². The smallest absolute Gasteiger partial charge is 0.257 e. The molecule has 0 aliphatic rings. The molecule has 5 aromatic rings. The molecule has 5 rings (SSSR count). The Balaban J connectivity index is 1.60.